The van der Waals surface area contributed by atoms with Gasteiger partial charge in [-0.1, -0.05) is 12.1 Å². The second-order valence-corrected chi connectivity index (χ2v) is 7.23. The van der Waals surface area contributed by atoms with Crippen LogP contribution in [-0.4, -0.2) is 62.1 Å². The predicted molar refractivity (Wildman–Crippen MR) is 91.5 cm³/mol. The van der Waals surface area contributed by atoms with Crippen LogP contribution in [-0.2, 0) is 4.79 Å². The van der Waals surface area contributed by atoms with Crippen molar-refractivity contribution in [3.8, 4) is 5.75 Å². The van der Waals surface area contributed by atoms with Gasteiger partial charge in [0.2, 0.25) is 5.91 Å². The first-order valence-corrected chi connectivity index (χ1v) is 8.78. The van der Waals surface area contributed by atoms with E-state index in [-0.39, 0.29) is 17.9 Å². The maximum atomic E-state index is 13.1. The number of nitrogens with zero attached hydrogens (tertiary/aromatic N) is 2. The fourth-order valence-electron chi connectivity index (χ4n) is 4.46. The van der Waals surface area contributed by atoms with Crippen molar-refractivity contribution in [1.29, 1.82) is 0 Å². The van der Waals surface area contributed by atoms with Gasteiger partial charge in [-0.25, -0.2) is 5.43 Å². The van der Waals surface area contributed by atoms with Crippen LogP contribution in [0.1, 0.15) is 18.0 Å². The first-order chi connectivity index (χ1) is 11.7. The first-order valence-electron chi connectivity index (χ1n) is 8.78. The fraction of sp³-hybridized carbons (Fsp3) is 0.611. The molecule has 3 saturated heterocycles. The largest absolute Gasteiger partial charge is 0.497 e. The Morgan fingerprint density at radius 3 is 3.00 bits per heavy atom. The Hall–Kier alpha value is -1.63. The van der Waals surface area contributed by atoms with Crippen molar-refractivity contribution in [3.63, 3.8) is 0 Å². The van der Waals surface area contributed by atoms with Crippen LogP contribution in [0.5, 0.6) is 5.75 Å². The zero-order valence-electron chi connectivity index (χ0n) is 14.4. The molecule has 0 aromatic heterocycles. The zero-order chi connectivity index (χ0) is 16.7. The van der Waals surface area contributed by atoms with E-state index >= 15 is 0 Å². The molecule has 0 aliphatic carbocycles. The van der Waals surface area contributed by atoms with Crippen LogP contribution in [0, 0.1) is 11.8 Å². The molecule has 2 N–H and O–H groups in total. The van der Waals surface area contributed by atoms with E-state index < -0.39 is 0 Å². The molecule has 3 aliphatic rings. The lowest BCUT2D eigenvalue weighted by Crippen LogP contribution is -2.40. The van der Waals surface area contributed by atoms with Crippen molar-refractivity contribution >= 4 is 5.91 Å². The summed E-state index contributed by atoms with van der Waals surface area (Å²) in [5, 5.41) is 0. The lowest BCUT2D eigenvalue weighted by atomic mass is 9.93. The number of likely N-dealkylation sites (tertiary alicyclic amines) is 2. The minimum atomic E-state index is -0.0683. The molecule has 3 fully saturated rings. The number of benzene rings is 1. The summed E-state index contributed by atoms with van der Waals surface area (Å²) in [5.41, 5.74) is 7.54. The average Bonchev–Trinajstić information content (AvgIpc) is 3.31. The standard InChI is InChI=1S/C18H26N4O2/c1-21-7-6-13-10-22(11-16(13)21)18(23)15-9-19-20-17(15)12-4-3-5-14(8-12)24-2/h3-5,8,13,15-17,19-20H,6-7,9-11H2,1-2H3/t13-,15?,16+,17?/m1/s1. The smallest absolute Gasteiger partial charge is 0.229 e. The number of amides is 1. The van der Waals surface area contributed by atoms with Crippen molar-refractivity contribution in [2.45, 2.75) is 18.5 Å². The van der Waals surface area contributed by atoms with E-state index in [9.17, 15) is 4.79 Å². The van der Waals surface area contributed by atoms with Crippen molar-refractivity contribution in [3.05, 3.63) is 29.8 Å². The lowest BCUT2D eigenvalue weighted by Gasteiger charge is -2.26. The van der Waals surface area contributed by atoms with Crippen molar-refractivity contribution in [2.24, 2.45) is 11.8 Å². The maximum Gasteiger partial charge on any atom is 0.229 e. The molecule has 0 bridgehead atoms. The third kappa shape index (κ3) is 2.68. The number of ether oxygens (including phenoxy) is 1. The number of fused-ring (bicyclic) bond motifs is 1. The number of hydrogen-bond acceptors (Lipinski definition) is 5. The minimum Gasteiger partial charge on any atom is -0.497 e. The predicted octanol–water partition coefficient (Wildman–Crippen LogP) is 0.623. The van der Waals surface area contributed by atoms with Gasteiger partial charge in [-0.3, -0.25) is 10.2 Å². The monoisotopic (exact) mass is 330 g/mol. The van der Waals surface area contributed by atoms with E-state index in [0.717, 1.165) is 30.9 Å². The molecule has 0 saturated carbocycles. The molecule has 0 spiro atoms. The van der Waals surface area contributed by atoms with Gasteiger partial charge in [-0.15, -0.1) is 0 Å². The molecule has 0 radical (unpaired) electrons. The molecule has 6 nitrogen and oxygen atoms in total. The highest BCUT2D eigenvalue weighted by atomic mass is 16.5. The van der Waals surface area contributed by atoms with Crippen molar-refractivity contribution < 1.29 is 9.53 Å². The molecule has 3 aliphatic heterocycles. The summed E-state index contributed by atoms with van der Waals surface area (Å²) < 4.78 is 5.32. The van der Waals surface area contributed by atoms with Crippen LogP contribution >= 0.6 is 0 Å². The number of carbonyl (C=O) groups excluding carboxylic acids is 1. The highest BCUT2D eigenvalue weighted by Gasteiger charge is 2.44. The molecule has 6 heteroatoms. The molecular formula is C18H26N4O2. The van der Waals surface area contributed by atoms with Crippen LogP contribution in [0.2, 0.25) is 0 Å². The third-order valence-electron chi connectivity index (χ3n) is 5.89. The van der Waals surface area contributed by atoms with Crippen LogP contribution in [0.25, 0.3) is 0 Å². The van der Waals surface area contributed by atoms with Gasteiger partial charge in [-0.05, 0) is 43.6 Å². The Labute approximate surface area is 143 Å². The summed E-state index contributed by atoms with van der Waals surface area (Å²) in [5.74, 6) is 1.67. The highest BCUT2D eigenvalue weighted by Crippen LogP contribution is 2.34. The van der Waals surface area contributed by atoms with Crippen molar-refractivity contribution in [2.75, 3.05) is 40.3 Å². The van der Waals surface area contributed by atoms with Gasteiger partial charge in [0, 0.05) is 25.7 Å². The summed E-state index contributed by atoms with van der Waals surface area (Å²) in [4.78, 5) is 17.6. The molecule has 24 heavy (non-hydrogen) atoms. The number of carbonyl (C=O) groups is 1. The van der Waals surface area contributed by atoms with E-state index in [1.165, 1.54) is 6.42 Å². The van der Waals surface area contributed by atoms with Gasteiger partial charge < -0.3 is 14.5 Å². The van der Waals surface area contributed by atoms with E-state index in [4.69, 9.17) is 4.74 Å². The summed E-state index contributed by atoms with van der Waals surface area (Å²) in [6, 6.07) is 8.51. The Morgan fingerprint density at radius 2 is 2.21 bits per heavy atom. The van der Waals surface area contributed by atoms with Gasteiger partial charge in [0.1, 0.15) is 5.75 Å². The zero-order valence-corrected chi connectivity index (χ0v) is 14.4. The molecule has 130 valence electrons. The maximum absolute atomic E-state index is 13.1. The highest BCUT2D eigenvalue weighted by molar-refractivity contribution is 5.81. The number of likely N-dealkylation sites (N-methyl/N-ethyl adjacent to an activating group) is 1. The van der Waals surface area contributed by atoms with E-state index in [1.54, 1.807) is 7.11 Å². The molecule has 1 aromatic rings. The molecule has 1 amide bonds. The molecular weight excluding hydrogens is 304 g/mol. The van der Waals surface area contributed by atoms with Crippen LogP contribution < -0.4 is 15.6 Å². The van der Waals surface area contributed by atoms with Gasteiger partial charge in [0.05, 0.1) is 19.1 Å². The van der Waals surface area contributed by atoms with E-state index in [0.29, 0.717) is 18.5 Å². The van der Waals surface area contributed by atoms with Gasteiger partial charge >= 0.3 is 0 Å². The summed E-state index contributed by atoms with van der Waals surface area (Å²) >= 11 is 0. The normalized spacial score (nSPS) is 33.0. The number of hydrazine groups is 1. The number of hydrogen-bond donors (Lipinski definition) is 2. The minimum absolute atomic E-state index is 0.00855. The number of methoxy groups -OCH3 is 1. The summed E-state index contributed by atoms with van der Waals surface area (Å²) in [7, 11) is 3.85. The lowest BCUT2D eigenvalue weighted by molar-refractivity contribution is -0.134. The second-order valence-electron chi connectivity index (χ2n) is 7.23. The molecule has 2 unspecified atom stereocenters. The fourth-order valence-corrected chi connectivity index (χ4v) is 4.46. The quantitative estimate of drug-likeness (QED) is 0.851. The summed E-state index contributed by atoms with van der Waals surface area (Å²) in [6.45, 7) is 3.62. The van der Waals surface area contributed by atoms with Gasteiger partial charge in [0.15, 0.2) is 0 Å². The molecule has 1 aromatic carbocycles. The topological polar surface area (TPSA) is 56.8 Å². The van der Waals surface area contributed by atoms with E-state index in [2.05, 4.69) is 33.8 Å². The number of rotatable bonds is 3. The Balaban J connectivity index is 1.49. The van der Waals surface area contributed by atoms with Crippen LogP contribution in [0.3, 0.4) is 0 Å². The van der Waals surface area contributed by atoms with E-state index in [1.807, 2.05) is 18.2 Å². The number of nitrogens with one attached hydrogen (secondary N) is 2. The molecule has 3 heterocycles. The first kappa shape index (κ1) is 15.9. The van der Waals surface area contributed by atoms with Crippen molar-refractivity contribution in [1.82, 2.24) is 20.7 Å². The third-order valence-corrected chi connectivity index (χ3v) is 5.89. The van der Waals surface area contributed by atoms with Crippen LogP contribution in [0.15, 0.2) is 24.3 Å². The Bertz CT molecular complexity index is 623. The molecule has 4 rings (SSSR count). The average molecular weight is 330 g/mol. The Kier molecular flexibility index (Phi) is 4.20. The molecule has 4 atom stereocenters. The summed E-state index contributed by atoms with van der Waals surface area (Å²) in [6.07, 6.45) is 1.21. The SMILES string of the molecule is COc1cccc(C2NNCC2C(=O)N2C[C@H]3CCN(C)[C@H]3C2)c1. The van der Waals surface area contributed by atoms with Gasteiger partial charge in [-0.2, -0.15) is 0 Å². The Morgan fingerprint density at radius 1 is 1.33 bits per heavy atom. The second kappa shape index (κ2) is 6.35. The van der Waals surface area contributed by atoms with Crippen LogP contribution in [0.4, 0.5) is 0 Å². The van der Waals surface area contributed by atoms with Gasteiger partial charge in [0.25, 0.3) is 0 Å².